The van der Waals surface area contributed by atoms with Crippen LogP contribution >= 0.6 is 0 Å². The summed E-state index contributed by atoms with van der Waals surface area (Å²) in [5.41, 5.74) is 1.88. The first-order valence-electron chi connectivity index (χ1n) is 5.74. The van der Waals surface area contributed by atoms with Crippen molar-refractivity contribution in [1.29, 1.82) is 0 Å². The summed E-state index contributed by atoms with van der Waals surface area (Å²) >= 11 is 0. The Bertz CT molecular complexity index is 358. The molecule has 0 spiro atoms. The molecule has 16 heavy (non-hydrogen) atoms. The third-order valence-electron chi connectivity index (χ3n) is 2.69. The maximum Gasteiger partial charge on any atom is 0.165 e. The van der Waals surface area contributed by atoms with E-state index in [2.05, 4.69) is 5.10 Å². The number of aromatic nitrogens is 2. The monoisotopic (exact) mass is 224 g/mol. The average molecular weight is 224 g/mol. The van der Waals surface area contributed by atoms with Crippen LogP contribution in [-0.4, -0.2) is 22.2 Å². The summed E-state index contributed by atoms with van der Waals surface area (Å²) in [6, 6.07) is 0. The van der Waals surface area contributed by atoms with Gasteiger partial charge in [0.1, 0.15) is 6.10 Å². The second kappa shape index (κ2) is 5.80. The summed E-state index contributed by atoms with van der Waals surface area (Å²) in [7, 11) is 1.87. The van der Waals surface area contributed by atoms with Gasteiger partial charge in [0.25, 0.3) is 0 Å². The van der Waals surface area contributed by atoms with Crippen molar-refractivity contribution in [2.24, 2.45) is 7.05 Å². The van der Waals surface area contributed by atoms with Gasteiger partial charge in [-0.1, -0.05) is 13.8 Å². The van der Waals surface area contributed by atoms with Gasteiger partial charge in [0.15, 0.2) is 5.78 Å². The zero-order chi connectivity index (χ0) is 12.1. The quantitative estimate of drug-likeness (QED) is 0.744. The largest absolute Gasteiger partial charge is 0.366 e. The average Bonchev–Trinajstić information content (AvgIpc) is 2.61. The molecule has 0 amide bonds. The first-order valence-corrected chi connectivity index (χ1v) is 5.74. The Labute approximate surface area is 96.6 Å². The summed E-state index contributed by atoms with van der Waals surface area (Å²) in [5, 5.41) is 4.15. The van der Waals surface area contributed by atoms with E-state index in [1.54, 1.807) is 10.9 Å². The van der Waals surface area contributed by atoms with E-state index < -0.39 is 6.10 Å². The second-order valence-corrected chi connectivity index (χ2v) is 3.88. The molecular weight excluding hydrogens is 204 g/mol. The molecule has 4 nitrogen and oxygen atoms in total. The second-order valence-electron chi connectivity index (χ2n) is 3.88. The van der Waals surface area contributed by atoms with Crippen molar-refractivity contribution < 1.29 is 9.53 Å². The minimum absolute atomic E-state index is 0.115. The number of nitrogens with zero attached hydrogens (tertiary/aromatic N) is 2. The molecule has 0 radical (unpaired) electrons. The van der Waals surface area contributed by atoms with Crippen LogP contribution in [0.15, 0.2) is 6.20 Å². The lowest BCUT2D eigenvalue weighted by Crippen LogP contribution is -2.16. The van der Waals surface area contributed by atoms with E-state index in [9.17, 15) is 4.79 Å². The molecule has 1 unspecified atom stereocenters. The lowest BCUT2D eigenvalue weighted by molar-refractivity contribution is -0.130. The van der Waals surface area contributed by atoms with Gasteiger partial charge < -0.3 is 4.74 Å². The molecule has 4 heteroatoms. The molecule has 1 aromatic rings. The van der Waals surface area contributed by atoms with Crippen molar-refractivity contribution in [3.05, 3.63) is 17.5 Å². The number of ether oxygens (including phenoxy) is 1. The number of hydrogen-bond acceptors (Lipinski definition) is 3. The van der Waals surface area contributed by atoms with E-state index in [-0.39, 0.29) is 5.78 Å². The maximum absolute atomic E-state index is 11.8. The van der Waals surface area contributed by atoms with Crippen molar-refractivity contribution in [2.75, 3.05) is 6.61 Å². The Morgan fingerprint density at radius 3 is 2.69 bits per heavy atom. The van der Waals surface area contributed by atoms with Gasteiger partial charge in [-0.3, -0.25) is 9.48 Å². The van der Waals surface area contributed by atoms with E-state index in [0.29, 0.717) is 13.0 Å². The molecule has 1 atom stereocenters. The van der Waals surface area contributed by atoms with Crippen LogP contribution in [-0.2, 0) is 16.6 Å². The van der Waals surface area contributed by atoms with Gasteiger partial charge >= 0.3 is 0 Å². The molecule has 1 rings (SSSR count). The Kier molecular flexibility index (Phi) is 4.68. The first kappa shape index (κ1) is 12.9. The van der Waals surface area contributed by atoms with Crippen molar-refractivity contribution in [2.45, 2.75) is 39.7 Å². The molecule has 0 aliphatic rings. The predicted octanol–water partition coefficient (Wildman–Crippen LogP) is 2.18. The fourth-order valence-corrected chi connectivity index (χ4v) is 1.55. The molecule has 1 heterocycles. The molecule has 1 aromatic heterocycles. The zero-order valence-corrected chi connectivity index (χ0v) is 10.5. The molecule has 0 aliphatic heterocycles. The van der Waals surface area contributed by atoms with Gasteiger partial charge in [0.2, 0.25) is 0 Å². The molecule has 0 saturated heterocycles. The van der Waals surface area contributed by atoms with E-state index in [1.807, 2.05) is 27.8 Å². The van der Waals surface area contributed by atoms with Crippen molar-refractivity contribution in [3.63, 3.8) is 0 Å². The predicted molar refractivity (Wildman–Crippen MR) is 62.2 cm³/mol. The highest BCUT2D eigenvalue weighted by Crippen LogP contribution is 2.22. The van der Waals surface area contributed by atoms with E-state index in [4.69, 9.17) is 4.74 Å². The van der Waals surface area contributed by atoms with Crippen molar-refractivity contribution >= 4 is 5.78 Å². The lowest BCUT2D eigenvalue weighted by Gasteiger charge is -2.15. The van der Waals surface area contributed by atoms with Crippen LogP contribution in [0, 0.1) is 6.92 Å². The summed E-state index contributed by atoms with van der Waals surface area (Å²) in [6.07, 6.45) is 2.68. The number of carbonyl (C=O) groups excluding carboxylic acids is 1. The maximum atomic E-state index is 11.8. The fraction of sp³-hybridized carbons (Fsp3) is 0.667. The van der Waals surface area contributed by atoms with Gasteiger partial charge in [-0.25, -0.2) is 0 Å². The number of aryl methyl sites for hydroxylation is 1. The molecule has 0 aromatic carbocycles. The summed E-state index contributed by atoms with van der Waals surface area (Å²) in [4.78, 5) is 11.8. The van der Waals surface area contributed by atoms with E-state index in [1.165, 1.54) is 0 Å². The number of ketones is 1. The summed E-state index contributed by atoms with van der Waals surface area (Å²) in [6.45, 7) is 6.44. The smallest absolute Gasteiger partial charge is 0.165 e. The summed E-state index contributed by atoms with van der Waals surface area (Å²) in [5.74, 6) is 0.115. The Morgan fingerprint density at radius 1 is 1.56 bits per heavy atom. The SMILES string of the molecule is CCCOC(C(=O)CC)c1cnn(C)c1C. The van der Waals surface area contributed by atoms with Gasteiger partial charge in [-0.15, -0.1) is 0 Å². The number of carbonyl (C=O) groups is 1. The Morgan fingerprint density at radius 2 is 2.25 bits per heavy atom. The Hall–Kier alpha value is -1.16. The lowest BCUT2D eigenvalue weighted by atomic mass is 10.1. The normalized spacial score (nSPS) is 12.8. The van der Waals surface area contributed by atoms with Gasteiger partial charge in [-0.2, -0.15) is 5.10 Å². The van der Waals surface area contributed by atoms with Crippen LogP contribution in [0.1, 0.15) is 44.1 Å². The Balaban J connectivity index is 2.91. The van der Waals surface area contributed by atoms with E-state index in [0.717, 1.165) is 17.7 Å². The first-order chi connectivity index (χ1) is 7.61. The number of hydrogen-bond donors (Lipinski definition) is 0. The van der Waals surface area contributed by atoms with Crippen LogP contribution in [0.3, 0.4) is 0 Å². The van der Waals surface area contributed by atoms with Crippen LogP contribution in [0.4, 0.5) is 0 Å². The van der Waals surface area contributed by atoms with Crippen molar-refractivity contribution in [1.82, 2.24) is 9.78 Å². The number of rotatable bonds is 6. The molecular formula is C12H20N2O2. The highest BCUT2D eigenvalue weighted by molar-refractivity contribution is 5.84. The van der Waals surface area contributed by atoms with Crippen LogP contribution in [0.5, 0.6) is 0 Å². The van der Waals surface area contributed by atoms with Crippen LogP contribution in [0.2, 0.25) is 0 Å². The van der Waals surface area contributed by atoms with Gasteiger partial charge in [0, 0.05) is 31.3 Å². The highest BCUT2D eigenvalue weighted by atomic mass is 16.5. The van der Waals surface area contributed by atoms with Gasteiger partial charge in [-0.05, 0) is 13.3 Å². The molecule has 0 saturated carbocycles. The fourth-order valence-electron chi connectivity index (χ4n) is 1.55. The number of Topliss-reactive ketones (excluding diaryl/α,β-unsaturated/α-hetero) is 1. The molecule has 0 bridgehead atoms. The minimum Gasteiger partial charge on any atom is -0.366 e. The zero-order valence-electron chi connectivity index (χ0n) is 10.5. The molecule has 0 N–H and O–H groups in total. The minimum atomic E-state index is -0.446. The van der Waals surface area contributed by atoms with Gasteiger partial charge in [0.05, 0.1) is 6.20 Å². The molecule has 0 fully saturated rings. The highest BCUT2D eigenvalue weighted by Gasteiger charge is 2.23. The van der Waals surface area contributed by atoms with Crippen LogP contribution < -0.4 is 0 Å². The molecule has 0 aliphatic carbocycles. The summed E-state index contributed by atoms with van der Waals surface area (Å²) < 4.78 is 7.39. The van der Waals surface area contributed by atoms with Crippen LogP contribution in [0.25, 0.3) is 0 Å². The standard InChI is InChI=1S/C12H20N2O2/c1-5-7-16-12(11(15)6-2)10-8-13-14(4)9(10)3/h8,12H,5-7H2,1-4H3. The topological polar surface area (TPSA) is 44.1 Å². The molecule has 90 valence electrons. The third-order valence-corrected chi connectivity index (χ3v) is 2.69. The van der Waals surface area contributed by atoms with Crippen molar-refractivity contribution in [3.8, 4) is 0 Å². The van der Waals surface area contributed by atoms with E-state index >= 15 is 0 Å². The third kappa shape index (κ3) is 2.70.